The molecule has 0 bridgehead atoms. The van der Waals surface area contributed by atoms with E-state index in [1.807, 2.05) is 0 Å². The van der Waals surface area contributed by atoms with Crippen molar-refractivity contribution < 1.29 is 14.6 Å². The Hall–Kier alpha value is -2.73. The van der Waals surface area contributed by atoms with Gasteiger partial charge in [-0.1, -0.05) is 46.9 Å². The second-order valence-electron chi connectivity index (χ2n) is 5.66. The lowest BCUT2D eigenvalue weighted by molar-refractivity contribution is -0.385. The maximum absolute atomic E-state index is 12.4. The number of alkyl halides is 3. The van der Waals surface area contributed by atoms with Gasteiger partial charge in [-0.05, 0) is 24.4 Å². The van der Waals surface area contributed by atoms with E-state index in [0.29, 0.717) is 0 Å². The molecule has 3 N–H and O–H groups in total. The Labute approximate surface area is 189 Å². The lowest BCUT2D eigenvalue weighted by Crippen LogP contribution is -2.56. The van der Waals surface area contributed by atoms with Crippen LogP contribution in [0.25, 0.3) is 0 Å². The SMILES string of the molecule is O=C(NC(NC(=S)Nc1cccc([N+](=O)[O-])c1)C(Cl)(Cl)Cl)c1cccc([N+](=O)[O-])c1. The second kappa shape index (κ2) is 9.85. The van der Waals surface area contributed by atoms with E-state index in [4.69, 9.17) is 47.0 Å². The first-order valence-corrected chi connectivity index (χ1v) is 9.45. The van der Waals surface area contributed by atoms with E-state index in [-0.39, 0.29) is 27.7 Å². The molecule has 0 spiro atoms. The van der Waals surface area contributed by atoms with E-state index in [1.165, 1.54) is 42.5 Å². The average Bonchev–Trinajstić information content (AvgIpc) is 2.66. The first-order valence-electron chi connectivity index (χ1n) is 7.91. The van der Waals surface area contributed by atoms with Gasteiger partial charge in [0, 0.05) is 35.5 Å². The number of carbonyl (C=O) groups excluding carboxylic acids is 1. The summed E-state index contributed by atoms with van der Waals surface area (Å²) in [5.74, 6) is -0.763. The molecule has 2 aromatic rings. The van der Waals surface area contributed by atoms with Crippen LogP contribution in [0.1, 0.15) is 10.4 Å². The van der Waals surface area contributed by atoms with Gasteiger partial charge < -0.3 is 16.0 Å². The molecule has 0 aromatic heterocycles. The van der Waals surface area contributed by atoms with Gasteiger partial charge in [-0.3, -0.25) is 25.0 Å². The van der Waals surface area contributed by atoms with E-state index in [0.717, 1.165) is 6.07 Å². The Bertz CT molecular complexity index is 1000. The third-order valence-corrected chi connectivity index (χ3v) is 4.39. The third-order valence-electron chi connectivity index (χ3n) is 3.51. The normalized spacial score (nSPS) is 11.8. The van der Waals surface area contributed by atoms with Crippen LogP contribution in [-0.2, 0) is 0 Å². The van der Waals surface area contributed by atoms with E-state index in [2.05, 4.69) is 16.0 Å². The number of non-ortho nitro benzene ring substituents is 2. The minimum absolute atomic E-state index is 0.0391. The molecule has 1 amide bonds. The summed E-state index contributed by atoms with van der Waals surface area (Å²) in [6.45, 7) is 0. The van der Waals surface area contributed by atoms with Gasteiger partial charge in [0.15, 0.2) is 5.11 Å². The Morgan fingerprint density at radius 3 is 2.10 bits per heavy atom. The van der Waals surface area contributed by atoms with Crippen molar-refractivity contribution in [1.29, 1.82) is 0 Å². The number of halogens is 3. The third kappa shape index (κ3) is 6.66. The number of nitro benzene ring substituents is 2. The van der Waals surface area contributed by atoms with Crippen molar-refractivity contribution in [1.82, 2.24) is 10.6 Å². The molecule has 0 aliphatic heterocycles. The molecule has 30 heavy (non-hydrogen) atoms. The molecule has 0 aliphatic carbocycles. The molecule has 2 rings (SSSR count). The molecule has 0 fully saturated rings. The first kappa shape index (κ1) is 23.5. The summed E-state index contributed by atoms with van der Waals surface area (Å²) in [4.78, 5) is 32.9. The Kier molecular flexibility index (Phi) is 7.73. The highest BCUT2D eigenvalue weighted by Gasteiger charge is 2.35. The molecule has 0 aliphatic rings. The monoisotopic (exact) mass is 491 g/mol. The Balaban J connectivity index is 2.12. The molecule has 1 atom stereocenters. The minimum atomic E-state index is -2.06. The number of rotatable bonds is 6. The highest BCUT2D eigenvalue weighted by molar-refractivity contribution is 7.80. The molecular weight excluding hydrogens is 481 g/mol. The second-order valence-corrected chi connectivity index (χ2v) is 8.44. The van der Waals surface area contributed by atoms with Crippen molar-refractivity contribution in [2.45, 2.75) is 9.96 Å². The summed E-state index contributed by atoms with van der Waals surface area (Å²) in [7, 11) is 0. The smallest absolute Gasteiger partial charge is 0.271 e. The Morgan fingerprint density at radius 2 is 1.53 bits per heavy atom. The van der Waals surface area contributed by atoms with Crippen LogP contribution in [0.15, 0.2) is 48.5 Å². The highest BCUT2D eigenvalue weighted by atomic mass is 35.6. The Morgan fingerprint density at radius 1 is 0.967 bits per heavy atom. The number of amides is 1. The summed E-state index contributed by atoms with van der Waals surface area (Å²) < 4.78 is -2.06. The van der Waals surface area contributed by atoms with Crippen molar-refractivity contribution in [3.63, 3.8) is 0 Å². The molecular formula is C16H12Cl3N5O5S. The summed E-state index contributed by atoms with van der Waals surface area (Å²) in [6, 6.07) is 10.5. The van der Waals surface area contributed by atoms with Crippen LogP contribution in [0.5, 0.6) is 0 Å². The van der Waals surface area contributed by atoms with Crippen molar-refractivity contribution in [3.05, 3.63) is 74.3 Å². The van der Waals surface area contributed by atoms with Gasteiger partial charge in [0.25, 0.3) is 17.3 Å². The van der Waals surface area contributed by atoms with Gasteiger partial charge in [0.1, 0.15) is 6.17 Å². The number of hydrogen-bond acceptors (Lipinski definition) is 6. The number of nitrogens with one attached hydrogen (secondary N) is 3. The molecule has 0 saturated carbocycles. The summed E-state index contributed by atoms with van der Waals surface area (Å²) >= 11 is 22.8. The predicted molar refractivity (Wildman–Crippen MR) is 117 cm³/mol. The van der Waals surface area contributed by atoms with Gasteiger partial charge >= 0.3 is 0 Å². The largest absolute Gasteiger partial charge is 0.339 e. The summed E-state index contributed by atoms with van der Waals surface area (Å²) in [5, 5.41) is 29.3. The van der Waals surface area contributed by atoms with Gasteiger partial charge in [0.05, 0.1) is 9.85 Å². The fourth-order valence-corrected chi connectivity index (χ4v) is 2.73. The standard InChI is InChI=1S/C16H12Cl3N5O5S/c17-16(18,19)14(21-13(25)9-3-1-5-11(7-9)23(26)27)22-15(30)20-10-4-2-6-12(8-10)24(28)29/h1-8,14H,(H,21,25)(H2,20,22,30). The van der Waals surface area contributed by atoms with Crippen molar-refractivity contribution in [2.75, 3.05) is 5.32 Å². The van der Waals surface area contributed by atoms with E-state index < -0.39 is 25.7 Å². The van der Waals surface area contributed by atoms with Gasteiger partial charge in [-0.2, -0.15) is 0 Å². The van der Waals surface area contributed by atoms with E-state index in [9.17, 15) is 25.0 Å². The number of anilines is 1. The van der Waals surface area contributed by atoms with Crippen molar-refractivity contribution in [3.8, 4) is 0 Å². The molecule has 1 unspecified atom stereocenters. The zero-order valence-electron chi connectivity index (χ0n) is 14.7. The maximum Gasteiger partial charge on any atom is 0.271 e. The predicted octanol–water partition coefficient (Wildman–Crippen LogP) is 3.92. The zero-order valence-corrected chi connectivity index (χ0v) is 17.8. The minimum Gasteiger partial charge on any atom is -0.339 e. The summed E-state index contributed by atoms with van der Waals surface area (Å²) in [5.41, 5.74) is -0.207. The number of benzene rings is 2. The van der Waals surface area contributed by atoms with Crippen LogP contribution in [-0.4, -0.2) is 30.8 Å². The first-order chi connectivity index (χ1) is 14.0. The van der Waals surface area contributed by atoms with Crippen LogP contribution in [0.3, 0.4) is 0 Å². The average molecular weight is 493 g/mol. The van der Waals surface area contributed by atoms with Crippen molar-refractivity contribution >= 4 is 75.1 Å². The van der Waals surface area contributed by atoms with Crippen LogP contribution in [0, 0.1) is 20.2 Å². The van der Waals surface area contributed by atoms with E-state index >= 15 is 0 Å². The van der Waals surface area contributed by atoms with Crippen LogP contribution >= 0.6 is 47.0 Å². The molecule has 0 heterocycles. The van der Waals surface area contributed by atoms with Gasteiger partial charge in [-0.25, -0.2) is 0 Å². The number of nitro groups is 2. The lowest BCUT2D eigenvalue weighted by atomic mass is 10.2. The summed E-state index contributed by atoms with van der Waals surface area (Å²) in [6.07, 6.45) is -1.34. The van der Waals surface area contributed by atoms with Gasteiger partial charge in [-0.15, -0.1) is 0 Å². The van der Waals surface area contributed by atoms with E-state index in [1.54, 1.807) is 0 Å². The van der Waals surface area contributed by atoms with Crippen LogP contribution in [0.2, 0.25) is 0 Å². The maximum atomic E-state index is 12.4. The number of carbonyl (C=O) groups is 1. The van der Waals surface area contributed by atoms with Crippen LogP contribution in [0.4, 0.5) is 17.1 Å². The topological polar surface area (TPSA) is 139 Å². The highest BCUT2D eigenvalue weighted by Crippen LogP contribution is 2.29. The lowest BCUT2D eigenvalue weighted by Gasteiger charge is -2.27. The van der Waals surface area contributed by atoms with Crippen LogP contribution < -0.4 is 16.0 Å². The molecule has 14 heteroatoms. The molecule has 2 aromatic carbocycles. The number of hydrogen-bond donors (Lipinski definition) is 3. The quantitative estimate of drug-likeness (QED) is 0.181. The molecule has 158 valence electrons. The molecule has 0 radical (unpaired) electrons. The molecule has 10 nitrogen and oxygen atoms in total. The van der Waals surface area contributed by atoms with Crippen molar-refractivity contribution in [2.24, 2.45) is 0 Å². The van der Waals surface area contributed by atoms with Gasteiger partial charge in [0.2, 0.25) is 3.79 Å². The molecule has 0 saturated heterocycles. The fourth-order valence-electron chi connectivity index (χ4n) is 2.17. The zero-order chi connectivity index (χ0) is 22.5. The fraction of sp³-hybridized carbons (Fsp3) is 0.125. The number of thiocarbonyl (C=S) groups is 1. The number of nitrogens with zero attached hydrogens (tertiary/aromatic N) is 2.